The van der Waals surface area contributed by atoms with Gasteiger partial charge < -0.3 is 14.4 Å². The molecule has 0 spiro atoms. The highest BCUT2D eigenvalue weighted by atomic mass is 19.1. The molecule has 1 aliphatic rings. The summed E-state index contributed by atoms with van der Waals surface area (Å²) < 4.78 is 24.2. The van der Waals surface area contributed by atoms with Gasteiger partial charge >= 0.3 is 0 Å². The summed E-state index contributed by atoms with van der Waals surface area (Å²) in [4.78, 5) is 16.8. The van der Waals surface area contributed by atoms with E-state index in [0.29, 0.717) is 19.7 Å². The SMILES string of the molecule is COCCN(CC1CN(Cc2ccccc2)CC1c1cccc(F)c1)C(=O)COC. The van der Waals surface area contributed by atoms with Crippen LogP contribution in [0.5, 0.6) is 0 Å². The van der Waals surface area contributed by atoms with E-state index in [1.807, 2.05) is 29.2 Å². The quantitative estimate of drug-likeness (QED) is 0.599. The minimum absolute atomic E-state index is 0.0472. The molecule has 1 saturated heterocycles. The molecule has 30 heavy (non-hydrogen) atoms. The summed E-state index contributed by atoms with van der Waals surface area (Å²) in [5, 5.41) is 0. The van der Waals surface area contributed by atoms with Gasteiger partial charge in [0.2, 0.25) is 5.91 Å². The van der Waals surface area contributed by atoms with Gasteiger partial charge in [0.05, 0.1) is 6.61 Å². The standard InChI is InChI=1S/C24H31FN2O3/c1-29-12-11-27(24(28)18-30-2)16-21-15-26(14-19-7-4-3-5-8-19)17-23(21)20-9-6-10-22(25)13-20/h3-10,13,21,23H,11-12,14-18H2,1-2H3. The molecule has 0 saturated carbocycles. The second-order valence-electron chi connectivity index (χ2n) is 7.87. The number of rotatable bonds is 10. The number of halogens is 1. The molecule has 0 N–H and O–H groups in total. The van der Waals surface area contributed by atoms with E-state index in [1.165, 1.54) is 18.7 Å². The highest BCUT2D eigenvalue weighted by Gasteiger charge is 2.35. The zero-order valence-corrected chi connectivity index (χ0v) is 17.8. The van der Waals surface area contributed by atoms with Crippen LogP contribution in [0.25, 0.3) is 0 Å². The van der Waals surface area contributed by atoms with Crippen LogP contribution in [0.15, 0.2) is 54.6 Å². The number of nitrogens with zero attached hydrogens (tertiary/aromatic N) is 2. The Bertz CT molecular complexity index is 802. The highest BCUT2D eigenvalue weighted by Crippen LogP contribution is 2.34. The van der Waals surface area contributed by atoms with E-state index in [0.717, 1.165) is 25.2 Å². The van der Waals surface area contributed by atoms with E-state index in [1.54, 1.807) is 19.2 Å². The summed E-state index contributed by atoms with van der Waals surface area (Å²) >= 11 is 0. The Labute approximate surface area is 178 Å². The monoisotopic (exact) mass is 414 g/mol. The molecule has 0 aliphatic carbocycles. The summed E-state index contributed by atoms with van der Waals surface area (Å²) in [5.74, 6) is 0.0893. The molecule has 0 aromatic heterocycles. The fourth-order valence-corrected chi connectivity index (χ4v) is 4.25. The van der Waals surface area contributed by atoms with Crippen molar-refractivity contribution in [3.63, 3.8) is 0 Å². The van der Waals surface area contributed by atoms with Crippen molar-refractivity contribution in [2.45, 2.75) is 12.5 Å². The van der Waals surface area contributed by atoms with E-state index in [2.05, 4.69) is 17.0 Å². The zero-order valence-electron chi connectivity index (χ0n) is 17.8. The average molecular weight is 415 g/mol. The van der Waals surface area contributed by atoms with Crippen LogP contribution in [0.1, 0.15) is 17.0 Å². The van der Waals surface area contributed by atoms with Gasteiger partial charge in [-0.2, -0.15) is 0 Å². The van der Waals surface area contributed by atoms with Crippen molar-refractivity contribution in [2.75, 3.05) is 53.6 Å². The van der Waals surface area contributed by atoms with Crippen LogP contribution in [-0.4, -0.2) is 69.3 Å². The first kappa shape index (κ1) is 22.4. The first-order valence-electron chi connectivity index (χ1n) is 10.4. The Morgan fingerprint density at radius 2 is 1.90 bits per heavy atom. The lowest BCUT2D eigenvalue weighted by Crippen LogP contribution is -2.41. The molecule has 5 nitrogen and oxygen atoms in total. The molecule has 2 aromatic rings. The number of carbonyl (C=O) groups excluding carboxylic acids is 1. The molecule has 1 fully saturated rings. The maximum Gasteiger partial charge on any atom is 0.248 e. The normalized spacial score (nSPS) is 19.2. The van der Waals surface area contributed by atoms with Gasteiger partial charge in [0.1, 0.15) is 12.4 Å². The lowest BCUT2D eigenvalue weighted by molar-refractivity contribution is -0.136. The third kappa shape index (κ3) is 6.11. The van der Waals surface area contributed by atoms with Crippen LogP contribution in [0.4, 0.5) is 4.39 Å². The molecule has 0 radical (unpaired) electrons. The van der Waals surface area contributed by atoms with Crippen LogP contribution in [0, 0.1) is 11.7 Å². The number of methoxy groups -OCH3 is 2. The Balaban J connectivity index is 1.78. The minimum Gasteiger partial charge on any atom is -0.383 e. The van der Waals surface area contributed by atoms with Crippen LogP contribution >= 0.6 is 0 Å². The number of benzene rings is 2. The van der Waals surface area contributed by atoms with Gasteiger partial charge in [-0.25, -0.2) is 4.39 Å². The Morgan fingerprint density at radius 1 is 1.10 bits per heavy atom. The molecule has 6 heteroatoms. The van der Waals surface area contributed by atoms with Crippen molar-refractivity contribution in [3.05, 3.63) is 71.5 Å². The number of likely N-dealkylation sites (tertiary alicyclic amines) is 1. The molecular formula is C24H31FN2O3. The third-order valence-electron chi connectivity index (χ3n) is 5.68. The molecule has 1 heterocycles. The van der Waals surface area contributed by atoms with E-state index in [9.17, 15) is 9.18 Å². The van der Waals surface area contributed by atoms with Crippen molar-refractivity contribution >= 4 is 5.91 Å². The van der Waals surface area contributed by atoms with E-state index < -0.39 is 0 Å². The predicted octanol–water partition coefficient (Wildman–Crippen LogP) is 3.16. The first-order chi connectivity index (χ1) is 14.6. The molecule has 2 atom stereocenters. The van der Waals surface area contributed by atoms with E-state index >= 15 is 0 Å². The van der Waals surface area contributed by atoms with Gasteiger partial charge in [-0.3, -0.25) is 9.69 Å². The van der Waals surface area contributed by atoms with E-state index in [-0.39, 0.29) is 30.2 Å². The lowest BCUT2D eigenvalue weighted by atomic mass is 9.88. The van der Waals surface area contributed by atoms with Crippen LogP contribution in [0.3, 0.4) is 0 Å². The fraction of sp³-hybridized carbons (Fsp3) is 0.458. The Kier molecular flexibility index (Phi) is 8.37. The lowest BCUT2D eigenvalue weighted by Gasteiger charge is -2.28. The highest BCUT2D eigenvalue weighted by molar-refractivity contribution is 5.77. The molecule has 0 bridgehead atoms. The van der Waals surface area contributed by atoms with Crippen molar-refractivity contribution in [1.29, 1.82) is 0 Å². The second-order valence-corrected chi connectivity index (χ2v) is 7.87. The van der Waals surface area contributed by atoms with Crippen LogP contribution < -0.4 is 0 Å². The molecule has 2 aromatic carbocycles. The Morgan fingerprint density at radius 3 is 2.60 bits per heavy atom. The van der Waals surface area contributed by atoms with Crippen molar-refractivity contribution in [2.24, 2.45) is 5.92 Å². The Hall–Kier alpha value is -2.28. The molecule has 1 amide bonds. The van der Waals surface area contributed by atoms with Crippen LogP contribution in [0.2, 0.25) is 0 Å². The smallest absolute Gasteiger partial charge is 0.248 e. The summed E-state index contributed by atoms with van der Waals surface area (Å²) in [7, 11) is 3.16. The minimum atomic E-state index is -0.223. The van der Waals surface area contributed by atoms with Gasteiger partial charge in [0.25, 0.3) is 0 Å². The maximum absolute atomic E-state index is 13.9. The number of hydrogen-bond donors (Lipinski definition) is 0. The summed E-state index contributed by atoms with van der Waals surface area (Å²) in [6, 6.07) is 17.2. The largest absolute Gasteiger partial charge is 0.383 e. The molecular weight excluding hydrogens is 383 g/mol. The van der Waals surface area contributed by atoms with Crippen molar-refractivity contribution in [1.82, 2.24) is 9.80 Å². The maximum atomic E-state index is 13.9. The molecule has 162 valence electrons. The van der Waals surface area contributed by atoms with Gasteiger partial charge in [-0.05, 0) is 29.2 Å². The third-order valence-corrected chi connectivity index (χ3v) is 5.68. The van der Waals surface area contributed by atoms with Crippen LogP contribution in [-0.2, 0) is 20.8 Å². The van der Waals surface area contributed by atoms with Crippen molar-refractivity contribution in [3.8, 4) is 0 Å². The predicted molar refractivity (Wildman–Crippen MR) is 115 cm³/mol. The first-order valence-corrected chi connectivity index (χ1v) is 10.4. The number of carbonyl (C=O) groups is 1. The van der Waals surface area contributed by atoms with Gasteiger partial charge in [-0.15, -0.1) is 0 Å². The summed E-state index contributed by atoms with van der Waals surface area (Å²) in [6.45, 7) is 4.16. The fourth-order valence-electron chi connectivity index (χ4n) is 4.25. The molecule has 3 rings (SSSR count). The van der Waals surface area contributed by atoms with Gasteiger partial charge in [-0.1, -0.05) is 42.5 Å². The number of hydrogen-bond acceptors (Lipinski definition) is 4. The molecule has 1 aliphatic heterocycles. The van der Waals surface area contributed by atoms with Crippen molar-refractivity contribution < 1.29 is 18.7 Å². The summed E-state index contributed by atoms with van der Waals surface area (Å²) in [6.07, 6.45) is 0. The topological polar surface area (TPSA) is 42.0 Å². The summed E-state index contributed by atoms with van der Waals surface area (Å²) in [5.41, 5.74) is 2.24. The number of ether oxygens (including phenoxy) is 2. The van der Waals surface area contributed by atoms with Gasteiger partial charge in [0.15, 0.2) is 0 Å². The van der Waals surface area contributed by atoms with Gasteiger partial charge in [0, 0.05) is 52.9 Å². The second kappa shape index (κ2) is 11.2. The molecule has 2 unspecified atom stereocenters. The average Bonchev–Trinajstić information content (AvgIpc) is 3.14. The van der Waals surface area contributed by atoms with E-state index in [4.69, 9.17) is 9.47 Å². The number of amides is 1. The zero-order chi connectivity index (χ0) is 21.3.